The molecule has 0 saturated carbocycles. The number of hydrogen-bond acceptors (Lipinski definition) is 6. The number of aryl methyl sites for hydroxylation is 2. The van der Waals surface area contributed by atoms with Crippen LogP contribution < -0.4 is 5.56 Å². The Hall–Kier alpha value is -2.58. The van der Waals surface area contributed by atoms with Gasteiger partial charge in [-0.3, -0.25) is 9.69 Å². The number of fused-ring (bicyclic) bond motifs is 1. The van der Waals surface area contributed by atoms with Gasteiger partial charge in [0, 0.05) is 36.2 Å². The van der Waals surface area contributed by atoms with Crippen LogP contribution in [0.1, 0.15) is 56.1 Å². The molecule has 1 aromatic carbocycles. The number of nitrogens with zero attached hydrogens (tertiary/aromatic N) is 5. The molecular weight excluding hydrogens is 392 g/mol. The molecule has 8 heteroatoms. The van der Waals surface area contributed by atoms with Gasteiger partial charge in [0.25, 0.3) is 5.56 Å². The summed E-state index contributed by atoms with van der Waals surface area (Å²) in [6.07, 6.45) is 2.28. The van der Waals surface area contributed by atoms with Crippen molar-refractivity contribution in [3.63, 3.8) is 0 Å². The summed E-state index contributed by atoms with van der Waals surface area (Å²) in [6, 6.07) is 6.19. The molecule has 1 aliphatic rings. The molecule has 8 nitrogen and oxygen atoms in total. The lowest BCUT2D eigenvalue weighted by molar-refractivity contribution is 0.0657. The van der Waals surface area contributed by atoms with Crippen LogP contribution >= 0.6 is 0 Å². The van der Waals surface area contributed by atoms with E-state index >= 15 is 0 Å². The maximum Gasteiger partial charge on any atom is 0.252 e. The molecule has 1 aliphatic heterocycles. The van der Waals surface area contributed by atoms with E-state index < -0.39 is 0 Å². The van der Waals surface area contributed by atoms with E-state index in [2.05, 4.69) is 59.2 Å². The summed E-state index contributed by atoms with van der Waals surface area (Å²) >= 11 is 0. The van der Waals surface area contributed by atoms with Gasteiger partial charge in [-0.05, 0) is 81.1 Å². The number of aromatic nitrogens is 5. The zero-order valence-corrected chi connectivity index (χ0v) is 19.1. The molecule has 31 heavy (non-hydrogen) atoms. The summed E-state index contributed by atoms with van der Waals surface area (Å²) in [5, 5.41) is 13.4. The largest absolute Gasteiger partial charge is 0.377 e. The third-order valence-corrected chi connectivity index (χ3v) is 5.80. The van der Waals surface area contributed by atoms with Crippen LogP contribution in [0.15, 0.2) is 23.0 Å². The van der Waals surface area contributed by atoms with Gasteiger partial charge in [-0.2, -0.15) is 0 Å². The predicted molar refractivity (Wildman–Crippen MR) is 120 cm³/mol. The lowest BCUT2D eigenvalue weighted by Gasteiger charge is -2.26. The highest BCUT2D eigenvalue weighted by Gasteiger charge is 2.25. The molecule has 0 amide bonds. The van der Waals surface area contributed by atoms with Crippen molar-refractivity contribution in [1.82, 2.24) is 30.1 Å². The Morgan fingerprint density at radius 2 is 2.03 bits per heavy atom. The quantitative estimate of drug-likeness (QED) is 0.654. The molecule has 0 radical (unpaired) electrons. The Morgan fingerprint density at radius 1 is 1.23 bits per heavy atom. The highest BCUT2D eigenvalue weighted by Crippen LogP contribution is 2.21. The van der Waals surface area contributed by atoms with E-state index in [0.717, 1.165) is 59.4 Å². The van der Waals surface area contributed by atoms with E-state index in [-0.39, 0.29) is 17.2 Å². The van der Waals surface area contributed by atoms with Crippen LogP contribution in [-0.4, -0.2) is 49.3 Å². The summed E-state index contributed by atoms with van der Waals surface area (Å²) in [5.74, 6) is 0.787. The van der Waals surface area contributed by atoms with Crippen LogP contribution in [0.3, 0.4) is 0 Å². The Labute approximate surface area is 182 Å². The van der Waals surface area contributed by atoms with Crippen molar-refractivity contribution < 1.29 is 4.74 Å². The summed E-state index contributed by atoms with van der Waals surface area (Å²) in [4.78, 5) is 18.2. The molecule has 1 N–H and O–H groups in total. The van der Waals surface area contributed by atoms with Gasteiger partial charge < -0.3 is 9.72 Å². The number of nitrogens with one attached hydrogen (secondary N) is 1. The van der Waals surface area contributed by atoms with Crippen molar-refractivity contribution >= 4 is 10.9 Å². The molecule has 0 aliphatic carbocycles. The number of rotatable bonds is 6. The van der Waals surface area contributed by atoms with Gasteiger partial charge in [0.15, 0.2) is 5.82 Å². The number of pyridine rings is 1. The molecule has 1 atom stereocenters. The minimum absolute atomic E-state index is 0.0507. The fourth-order valence-corrected chi connectivity index (χ4v) is 4.36. The van der Waals surface area contributed by atoms with Gasteiger partial charge in [0.05, 0.1) is 18.2 Å². The first-order valence-corrected chi connectivity index (χ1v) is 11.0. The van der Waals surface area contributed by atoms with Crippen molar-refractivity contribution in [3.05, 3.63) is 51.1 Å². The Kier molecular flexibility index (Phi) is 5.94. The van der Waals surface area contributed by atoms with Crippen LogP contribution in [0.2, 0.25) is 0 Å². The zero-order valence-electron chi connectivity index (χ0n) is 19.1. The minimum Gasteiger partial charge on any atom is -0.377 e. The van der Waals surface area contributed by atoms with E-state index in [9.17, 15) is 4.79 Å². The Balaban J connectivity index is 1.65. The number of benzene rings is 1. The van der Waals surface area contributed by atoms with Crippen molar-refractivity contribution in [2.24, 2.45) is 0 Å². The normalized spacial score (nSPS) is 17.2. The van der Waals surface area contributed by atoms with Crippen LogP contribution in [0, 0.1) is 13.8 Å². The van der Waals surface area contributed by atoms with Crippen LogP contribution in [0.25, 0.3) is 10.9 Å². The van der Waals surface area contributed by atoms with Gasteiger partial charge in [0.1, 0.15) is 0 Å². The molecule has 3 heterocycles. The van der Waals surface area contributed by atoms with Gasteiger partial charge >= 0.3 is 0 Å². The number of hydrogen-bond donors (Lipinski definition) is 1. The molecule has 1 saturated heterocycles. The van der Waals surface area contributed by atoms with E-state index in [0.29, 0.717) is 13.1 Å². The molecule has 0 spiro atoms. The van der Waals surface area contributed by atoms with E-state index in [4.69, 9.17) is 4.74 Å². The van der Waals surface area contributed by atoms with Crippen molar-refractivity contribution in [1.29, 1.82) is 0 Å². The summed E-state index contributed by atoms with van der Waals surface area (Å²) < 4.78 is 7.74. The lowest BCUT2D eigenvalue weighted by atomic mass is 10.0. The summed E-state index contributed by atoms with van der Waals surface area (Å²) in [7, 11) is 0. The molecule has 166 valence electrons. The first-order chi connectivity index (χ1) is 14.7. The van der Waals surface area contributed by atoms with Crippen molar-refractivity contribution in [2.45, 2.75) is 72.2 Å². The molecule has 0 unspecified atom stereocenters. The molecule has 3 aromatic rings. The smallest absolute Gasteiger partial charge is 0.252 e. The molecule has 0 bridgehead atoms. The molecular formula is C23H32N6O2. The topological polar surface area (TPSA) is 88.9 Å². The average molecular weight is 425 g/mol. The SMILES string of the molecule is Cc1cc(C)c2cc(CN(Cc3nnnn3C(C)(C)C)C[C@@H]3CCCO3)c(=O)[nH]c2c1. The van der Waals surface area contributed by atoms with Crippen molar-refractivity contribution in [2.75, 3.05) is 13.2 Å². The maximum atomic E-state index is 12.9. The number of H-pyrrole nitrogens is 1. The van der Waals surface area contributed by atoms with Gasteiger partial charge in [-0.1, -0.05) is 6.07 Å². The van der Waals surface area contributed by atoms with Crippen LogP contribution in [-0.2, 0) is 23.4 Å². The Bertz CT molecular complexity index is 1120. The van der Waals surface area contributed by atoms with Crippen molar-refractivity contribution in [3.8, 4) is 0 Å². The lowest BCUT2D eigenvalue weighted by Crippen LogP contribution is -2.35. The number of aromatic amines is 1. The van der Waals surface area contributed by atoms with Gasteiger partial charge in [0.2, 0.25) is 0 Å². The first-order valence-electron chi connectivity index (χ1n) is 11.0. The van der Waals surface area contributed by atoms with Crippen LogP contribution in [0.5, 0.6) is 0 Å². The summed E-state index contributed by atoms with van der Waals surface area (Å²) in [5.41, 5.74) is 3.66. The molecule has 4 rings (SSSR count). The fraction of sp³-hybridized carbons (Fsp3) is 0.565. The molecule has 2 aromatic heterocycles. The standard InChI is InChI=1S/C23H32N6O2/c1-15-9-16(2)19-11-17(22(30)24-20(19)10-15)12-28(13-18-7-6-8-31-18)14-21-25-26-27-29(21)23(3,4)5/h9-11,18H,6-8,12-14H2,1-5H3,(H,24,30)/t18-/m0/s1. The number of tetrazole rings is 1. The van der Waals surface area contributed by atoms with Gasteiger partial charge in [-0.25, -0.2) is 4.68 Å². The minimum atomic E-state index is -0.218. The average Bonchev–Trinajstić information content (AvgIpc) is 3.34. The third kappa shape index (κ3) is 4.85. The molecule has 1 fully saturated rings. The van der Waals surface area contributed by atoms with E-state index in [1.165, 1.54) is 0 Å². The monoisotopic (exact) mass is 424 g/mol. The first kappa shape index (κ1) is 21.6. The highest BCUT2D eigenvalue weighted by atomic mass is 16.5. The van der Waals surface area contributed by atoms with E-state index in [1.54, 1.807) is 0 Å². The second-order valence-electron chi connectivity index (χ2n) is 9.65. The second kappa shape index (κ2) is 8.51. The maximum absolute atomic E-state index is 12.9. The predicted octanol–water partition coefficient (Wildman–Crippen LogP) is 3.07. The zero-order chi connectivity index (χ0) is 22.2. The Morgan fingerprint density at radius 3 is 2.74 bits per heavy atom. The highest BCUT2D eigenvalue weighted by molar-refractivity contribution is 5.83. The third-order valence-electron chi connectivity index (χ3n) is 5.80. The number of ether oxygens (including phenoxy) is 1. The van der Waals surface area contributed by atoms with Crippen LogP contribution in [0.4, 0.5) is 0 Å². The van der Waals surface area contributed by atoms with Gasteiger partial charge in [-0.15, -0.1) is 5.10 Å². The second-order valence-corrected chi connectivity index (χ2v) is 9.65. The van der Waals surface area contributed by atoms with E-state index in [1.807, 2.05) is 23.7 Å². The fourth-order valence-electron chi connectivity index (χ4n) is 4.36. The summed E-state index contributed by atoms with van der Waals surface area (Å²) in [6.45, 7) is 13.0.